The van der Waals surface area contributed by atoms with Gasteiger partial charge < -0.3 is 10.8 Å². The summed E-state index contributed by atoms with van der Waals surface area (Å²) < 4.78 is 0. The van der Waals surface area contributed by atoms with Gasteiger partial charge in [0.05, 0.1) is 4.92 Å². The Morgan fingerprint density at radius 2 is 1.81 bits per heavy atom. The lowest BCUT2D eigenvalue weighted by atomic mass is 10.0. The second-order valence-corrected chi connectivity index (χ2v) is 4.09. The summed E-state index contributed by atoms with van der Waals surface area (Å²) in [5.41, 5.74) is 8.19. The Kier molecular flexibility index (Phi) is 3.87. The van der Waals surface area contributed by atoms with E-state index < -0.39 is 27.3 Å². The van der Waals surface area contributed by atoms with E-state index in [1.54, 1.807) is 30.3 Å². The molecule has 0 saturated carbocycles. The zero-order chi connectivity index (χ0) is 15.4. The van der Waals surface area contributed by atoms with Gasteiger partial charge in [-0.3, -0.25) is 20.2 Å². The quantitative estimate of drug-likeness (QED) is 0.387. The number of hydrogen-bond acceptors (Lipinski definition) is 5. The molecule has 1 aliphatic rings. The molecule has 1 unspecified atom stereocenters. The van der Waals surface area contributed by atoms with E-state index in [4.69, 9.17) is 5.53 Å². The number of nitro groups is 2. The Balaban J connectivity index is 2.51. The van der Waals surface area contributed by atoms with Gasteiger partial charge in [0.1, 0.15) is 5.70 Å². The fourth-order valence-electron chi connectivity index (χ4n) is 1.91. The lowest BCUT2D eigenvalue weighted by Gasteiger charge is -2.12. The largest absolute Gasteiger partial charge is 0.400 e. The van der Waals surface area contributed by atoms with E-state index in [1.165, 1.54) is 6.08 Å². The molecule has 0 fully saturated rings. The van der Waals surface area contributed by atoms with Crippen LogP contribution in [0.25, 0.3) is 5.53 Å². The fraction of sp³-hybridized carbons (Fsp3) is 0.0833. The minimum Gasteiger partial charge on any atom is -0.361 e. The standard InChI is InChI=1S/C12H9N5O4/c13-15-10-7-6-9(14-8-4-2-1-3-5-8)11(16(18)19)12(10)17(20)21/h1-7,12,14H. The third kappa shape index (κ3) is 2.82. The smallest absolute Gasteiger partial charge is 0.361 e. The van der Waals surface area contributed by atoms with E-state index in [0.29, 0.717) is 5.69 Å². The Bertz CT molecular complexity index is 704. The first-order valence-corrected chi connectivity index (χ1v) is 5.78. The predicted molar refractivity (Wildman–Crippen MR) is 72.6 cm³/mol. The van der Waals surface area contributed by atoms with Gasteiger partial charge in [0.25, 0.3) is 0 Å². The summed E-state index contributed by atoms with van der Waals surface area (Å²) >= 11 is 0. The summed E-state index contributed by atoms with van der Waals surface area (Å²) in [5.74, 6) is 0. The van der Waals surface area contributed by atoms with Crippen LogP contribution in [-0.4, -0.2) is 26.4 Å². The molecule has 0 aromatic heterocycles. The Morgan fingerprint density at radius 3 is 2.33 bits per heavy atom. The van der Waals surface area contributed by atoms with Crippen LogP contribution in [-0.2, 0) is 0 Å². The van der Waals surface area contributed by atoms with Crippen LogP contribution in [0.2, 0.25) is 0 Å². The van der Waals surface area contributed by atoms with Crippen LogP contribution in [0.4, 0.5) is 5.69 Å². The molecule has 0 bridgehead atoms. The maximum Gasteiger partial charge on any atom is 0.400 e. The molecule has 0 saturated heterocycles. The van der Waals surface area contributed by atoms with Crippen molar-refractivity contribution in [3.8, 4) is 0 Å². The summed E-state index contributed by atoms with van der Waals surface area (Å²) in [6.07, 6.45) is 2.42. The molecule has 0 heterocycles. The molecule has 9 nitrogen and oxygen atoms in total. The Hall–Kier alpha value is -3.32. The summed E-state index contributed by atoms with van der Waals surface area (Å²) in [4.78, 5) is 23.2. The van der Waals surface area contributed by atoms with Gasteiger partial charge in [-0.1, -0.05) is 18.2 Å². The second kappa shape index (κ2) is 5.76. The van der Waals surface area contributed by atoms with E-state index in [1.807, 2.05) is 0 Å². The highest BCUT2D eigenvalue weighted by Gasteiger charge is 2.49. The van der Waals surface area contributed by atoms with Crippen molar-refractivity contribution in [3.63, 3.8) is 0 Å². The number of benzene rings is 1. The van der Waals surface area contributed by atoms with Crippen LogP contribution in [0, 0.1) is 20.2 Å². The summed E-state index contributed by atoms with van der Waals surface area (Å²) in [6.45, 7) is 0. The molecule has 0 amide bonds. The Labute approximate surface area is 118 Å². The monoisotopic (exact) mass is 287 g/mol. The van der Waals surface area contributed by atoms with E-state index >= 15 is 0 Å². The predicted octanol–water partition coefficient (Wildman–Crippen LogP) is 1.47. The van der Waals surface area contributed by atoms with E-state index in [9.17, 15) is 20.2 Å². The van der Waals surface area contributed by atoms with E-state index in [0.717, 1.165) is 6.08 Å². The van der Waals surface area contributed by atoms with Crippen molar-refractivity contribution < 1.29 is 14.6 Å². The molecule has 9 heteroatoms. The van der Waals surface area contributed by atoms with Crippen LogP contribution in [0.1, 0.15) is 0 Å². The van der Waals surface area contributed by atoms with Gasteiger partial charge in [0, 0.05) is 16.7 Å². The third-order valence-corrected chi connectivity index (χ3v) is 2.81. The van der Waals surface area contributed by atoms with Crippen LogP contribution in [0.5, 0.6) is 0 Å². The number of nitrogens with zero attached hydrogens (tertiary/aromatic N) is 4. The van der Waals surface area contributed by atoms with Crippen molar-refractivity contribution in [3.05, 3.63) is 79.6 Å². The minimum absolute atomic E-state index is 0.0275. The molecule has 1 aromatic carbocycles. The normalized spacial score (nSPS) is 17.3. The molecule has 1 aliphatic carbocycles. The molecule has 1 atom stereocenters. The maximum atomic E-state index is 11.2. The van der Waals surface area contributed by atoms with Gasteiger partial charge in [0.2, 0.25) is 0 Å². The van der Waals surface area contributed by atoms with Crippen molar-refractivity contribution in [2.45, 2.75) is 6.04 Å². The number of rotatable bonds is 4. The zero-order valence-corrected chi connectivity index (χ0v) is 10.5. The topological polar surface area (TPSA) is 135 Å². The number of para-hydroxylation sites is 1. The van der Waals surface area contributed by atoms with Crippen LogP contribution < -0.4 is 5.32 Å². The molecule has 1 aromatic rings. The maximum absolute atomic E-state index is 11.2. The lowest BCUT2D eigenvalue weighted by Crippen LogP contribution is -2.38. The molecule has 106 valence electrons. The molecule has 0 aliphatic heterocycles. The van der Waals surface area contributed by atoms with Crippen molar-refractivity contribution in [2.24, 2.45) is 0 Å². The SMILES string of the molecule is [N-]=[N+]=C1C=CC(Nc2ccccc2)=C([N+](=O)[O-])C1[N+](=O)[O-]. The summed E-state index contributed by atoms with van der Waals surface area (Å²) in [6, 6.07) is 6.69. The summed E-state index contributed by atoms with van der Waals surface area (Å²) in [7, 11) is 0. The van der Waals surface area contributed by atoms with E-state index in [-0.39, 0.29) is 5.70 Å². The zero-order valence-electron chi connectivity index (χ0n) is 10.5. The first-order valence-electron chi connectivity index (χ1n) is 5.78. The van der Waals surface area contributed by atoms with Gasteiger partial charge in [-0.2, -0.15) is 4.79 Å². The molecular formula is C12H9N5O4. The first-order chi connectivity index (χ1) is 10.0. The van der Waals surface area contributed by atoms with Crippen molar-refractivity contribution in [1.29, 1.82) is 0 Å². The van der Waals surface area contributed by atoms with Crippen LogP contribution in [0.3, 0.4) is 0 Å². The van der Waals surface area contributed by atoms with Gasteiger partial charge in [-0.25, -0.2) is 0 Å². The number of anilines is 1. The van der Waals surface area contributed by atoms with Crippen LogP contribution in [0.15, 0.2) is 53.9 Å². The lowest BCUT2D eigenvalue weighted by molar-refractivity contribution is -0.541. The van der Waals surface area contributed by atoms with E-state index in [2.05, 4.69) is 10.1 Å². The highest BCUT2D eigenvalue weighted by atomic mass is 16.6. The van der Waals surface area contributed by atoms with Crippen LogP contribution >= 0.6 is 0 Å². The second-order valence-electron chi connectivity index (χ2n) is 4.09. The van der Waals surface area contributed by atoms with Crippen molar-refractivity contribution >= 4 is 11.4 Å². The average molecular weight is 287 g/mol. The highest BCUT2D eigenvalue weighted by Crippen LogP contribution is 2.22. The van der Waals surface area contributed by atoms with Crippen molar-refractivity contribution in [2.75, 3.05) is 5.32 Å². The third-order valence-electron chi connectivity index (χ3n) is 2.81. The van der Waals surface area contributed by atoms with Gasteiger partial charge in [0.15, 0.2) is 0 Å². The highest BCUT2D eigenvalue weighted by molar-refractivity contribution is 5.98. The van der Waals surface area contributed by atoms with Crippen molar-refractivity contribution in [1.82, 2.24) is 0 Å². The van der Waals surface area contributed by atoms with Gasteiger partial charge in [-0.05, 0) is 18.2 Å². The first kappa shape index (κ1) is 14.1. The molecule has 21 heavy (non-hydrogen) atoms. The van der Waals surface area contributed by atoms with Gasteiger partial charge in [-0.15, -0.1) is 0 Å². The number of nitrogens with one attached hydrogen (secondary N) is 1. The fourth-order valence-corrected chi connectivity index (χ4v) is 1.91. The average Bonchev–Trinajstić information content (AvgIpc) is 2.47. The minimum atomic E-state index is -1.83. The summed E-state index contributed by atoms with van der Waals surface area (Å²) in [5, 5.41) is 25.0. The molecule has 0 spiro atoms. The molecular weight excluding hydrogens is 278 g/mol. The molecule has 0 radical (unpaired) electrons. The number of hydrogen-bond donors (Lipinski definition) is 1. The Morgan fingerprint density at radius 1 is 1.14 bits per heavy atom. The molecule has 2 rings (SSSR count). The molecule has 1 N–H and O–H groups in total. The van der Waals surface area contributed by atoms with Gasteiger partial charge >= 0.3 is 17.5 Å². The number of allylic oxidation sites excluding steroid dienone is 1.